The van der Waals surface area contributed by atoms with Gasteiger partial charge in [0.25, 0.3) is 0 Å². The van der Waals surface area contributed by atoms with E-state index in [-0.39, 0.29) is 11.7 Å². The van der Waals surface area contributed by atoms with Crippen LogP contribution in [0, 0.1) is 5.92 Å². The number of ether oxygens (including phenoxy) is 1. The molecule has 3 aliphatic heterocycles. The molecule has 1 aromatic carbocycles. The number of morpholine rings is 1. The maximum Gasteiger partial charge on any atom is 0.219 e. The maximum absolute atomic E-state index is 11.7. The van der Waals surface area contributed by atoms with E-state index < -0.39 is 0 Å². The highest BCUT2D eigenvalue weighted by Crippen LogP contribution is 2.23. The second kappa shape index (κ2) is 10.0. The summed E-state index contributed by atoms with van der Waals surface area (Å²) in [5, 5.41) is 15.9. The third-order valence-electron chi connectivity index (χ3n) is 7.10. The molecular formula is C26H33N5O3. The lowest BCUT2D eigenvalue weighted by Gasteiger charge is -2.31. The summed E-state index contributed by atoms with van der Waals surface area (Å²) >= 11 is 0. The van der Waals surface area contributed by atoms with Crippen LogP contribution in [0.1, 0.15) is 38.2 Å². The van der Waals surface area contributed by atoms with Gasteiger partial charge in [0.2, 0.25) is 5.91 Å². The van der Waals surface area contributed by atoms with Gasteiger partial charge >= 0.3 is 0 Å². The van der Waals surface area contributed by atoms with Crippen LogP contribution in [0.25, 0.3) is 5.57 Å². The molecule has 8 heteroatoms. The second-order valence-electron chi connectivity index (χ2n) is 9.35. The number of piperidine rings is 1. The van der Waals surface area contributed by atoms with Gasteiger partial charge in [-0.3, -0.25) is 4.79 Å². The number of allylic oxidation sites excluding steroid dienone is 1. The van der Waals surface area contributed by atoms with E-state index in [4.69, 9.17) is 14.8 Å². The molecule has 1 amide bonds. The standard InChI is InChI=1S/C26H33N5O3/c1-19(32)29-10-8-20(9-11-29)18-31-26-24(17-27-31)23(21-4-2-5-22(33)16-21)6-3-7-25(28-26)30-12-14-34-15-13-30/h2,4-5,7,16-17,20,33H,3,6,8-15,18H2,1H3/b24-23-,25-7+,28-26+. The van der Waals surface area contributed by atoms with E-state index in [1.807, 2.05) is 34.0 Å². The third-order valence-corrected chi connectivity index (χ3v) is 7.10. The van der Waals surface area contributed by atoms with Crippen molar-refractivity contribution < 1.29 is 14.6 Å². The summed E-state index contributed by atoms with van der Waals surface area (Å²) in [5.41, 5.74) is 3.04. The summed E-state index contributed by atoms with van der Waals surface area (Å²) in [4.78, 5) is 21.1. The molecule has 2 aromatic rings. The Balaban J connectivity index is 1.54. The molecule has 0 bridgehead atoms. The van der Waals surface area contributed by atoms with Gasteiger partial charge in [0.1, 0.15) is 11.6 Å². The first kappa shape index (κ1) is 22.7. The Hall–Kier alpha value is -3.13. The number of phenols is 1. The van der Waals surface area contributed by atoms with Crippen LogP contribution in [-0.2, 0) is 16.1 Å². The predicted octanol–water partition coefficient (Wildman–Crippen LogP) is 1.63. The van der Waals surface area contributed by atoms with E-state index in [0.717, 1.165) is 86.1 Å². The lowest BCUT2D eigenvalue weighted by atomic mass is 9.96. The molecule has 2 fully saturated rings. The monoisotopic (exact) mass is 463 g/mol. The Labute approximate surface area is 199 Å². The maximum atomic E-state index is 11.7. The fourth-order valence-electron chi connectivity index (χ4n) is 5.14. The van der Waals surface area contributed by atoms with Gasteiger partial charge < -0.3 is 19.6 Å². The van der Waals surface area contributed by atoms with Crippen LogP contribution in [0.2, 0.25) is 0 Å². The molecule has 0 saturated carbocycles. The van der Waals surface area contributed by atoms with Gasteiger partial charge in [-0.25, -0.2) is 9.67 Å². The molecule has 0 atom stereocenters. The number of hydrogen-bond acceptors (Lipinski definition) is 6. The highest BCUT2D eigenvalue weighted by molar-refractivity contribution is 5.73. The minimum absolute atomic E-state index is 0.156. The van der Waals surface area contributed by atoms with Crippen LogP contribution in [0.15, 0.2) is 47.4 Å². The number of nitrogens with zero attached hydrogens (tertiary/aromatic N) is 5. The second-order valence-corrected chi connectivity index (χ2v) is 9.35. The molecule has 2 saturated heterocycles. The first-order valence-corrected chi connectivity index (χ1v) is 12.3. The number of benzene rings is 1. The molecule has 0 spiro atoms. The van der Waals surface area contributed by atoms with Crippen molar-refractivity contribution in [1.82, 2.24) is 19.6 Å². The van der Waals surface area contributed by atoms with Gasteiger partial charge in [-0.2, -0.15) is 5.10 Å². The van der Waals surface area contributed by atoms with Crippen LogP contribution in [-0.4, -0.2) is 70.0 Å². The summed E-state index contributed by atoms with van der Waals surface area (Å²) in [6.45, 7) is 7.15. The zero-order valence-electron chi connectivity index (χ0n) is 19.8. The first-order valence-electron chi connectivity index (χ1n) is 12.3. The van der Waals surface area contributed by atoms with Crippen LogP contribution in [0.3, 0.4) is 0 Å². The smallest absolute Gasteiger partial charge is 0.219 e. The van der Waals surface area contributed by atoms with Crippen molar-refractivity contribution in [3.63, 3.8) is 0 Å². The Morgan fingerprint density at radius 3 is 2.71 bits per heavy atom. The largest absolute Gasteiger partial charge is 0.508 e. The Morgan fingerprint density at radius 2 is 1.97 bits per heavy atom. The fraction of sp³-hybridized carbons (Fsp3) is 0.500. The molecule has 0 radical (unpaired) electrons. The molecule has 34 heavy (non-hydrogen) atoms. The predicted molar refractivity (Wildman–Crippen MR) is 128 cm³/mol. The lowest BCUT2D eigenvalue weighted by Crippen LogP contribution is -2.41. The molecular weight excluding hydrogens is 430 g/mol. The Kier molecular flexibility index (Phi) is 6.67. The summed E-state index contributed by atoms with van der Waals surface area (Å²) in [6.07, 6.45) is 7.83. The Bertz CT molecular complexity index is 1190. The highest BCUT2D eigenvalue weighted by Gasteiger charge is 2.23. The van der Waals surface area contributed by atoms with E-state index in [2.05, 4.69) is 11.0 Å². The fourth-order valence-corrected chi connectivity index (χ4v) is 5.14. The number of rotatable bonds is 4. The number of aromatic hydroxyl groups is 1. The summed E-state index contributed by atoms with van der Waals surface area (Å²) in [7, 11) is 0. The minimum atomic E-state index is 0.156. The van der Waals surface area contributed by atoms with E-state index in [9.17, 15) is 9.90 Å². The van der Waals surface area contributed by atoms with Crippen molar-refractivity contribution in [3.05, 3.63) is 58.6 Å². The summed E-state index contributed by atoms with van der Waals surface area (Å²) in [6, 6.07) is 7.45. The zero-order chi connectivity index (χ0) is 23.5. The van der Waals surface area contributed by atoms with Crippen LogP contribution in [0.4, 0.5) is 0 Å². The minimum Gasteiger partial charge on any atom is -0.508 e. The van der Waals surface area contributed by atoms with Gasteiger partial charge in [-0.15, -0.1) is 0 Å². The van der Waals surface area contributed by atoms with E-state index in [1.54, 1.807) is 13.0 Å². The third kappa shape index (κ3) is 4.87. The zero-order valence-corrected chi connectivity index (χ0v) is 19.8. The molecule has 5 rings (SSSR count). The molecule has 1 N–H and O–H groups in total. The average molecular weight is 464 g/mol. The number of likely N-dealkylation sites (tertiary alicyclic amines) is 1. The molecule has 0 unspecified atom stereocenters. The van der Waals surface area contributed by atoms with Crippen LogP contribution >= 0.6 is 0 Å². The normalized spacial score (nSPS) is 23.8. The van der Waals surface area contributed by atoms with Crippen molar-refractivity contribution in [2.75, 3.05) is 39.4 Å². The SMILES string of the molecule is CC(=O)N1CCC(Cn2ncc3/c2=N\C(N2CCOCC2)=C/CC/C=3c2cccc(O)c2)CC1. The average Bonchev–Trinajstić information content (AvgIpc) is 3.20. The van der Waals surface area contributed by atoms with Gasteiger partial charge in [0, 0.05) is 44.9 Å². The molecule has 4 heterocycles. The number of amides is 1. The van der Waals surface area contributed by atoms with Gasteiger partial charge in [0.15, 0.2) is 5.49 Å². The summed E-state index contributed by atoms with van der Waals surface area (Å²) < 4.78 is 7.60. The van der Waals surface area contributed by atoms with Crippen molar-refractivity contribution >= 4 is 11.5 Å². The van der Waals surface area contributed by atoms with E-state index >= 15 is 0 Å². The van der Waals surface area contributed by atoms with Gasteiger partial charge in [-0.05, 0) is 60.9 Å². The van der Waals surface area contributed by atoms with Crippen molar-refractivity contribution in [3.8, 4) is 5.75 Å². The number of carbonyl (C=O) groups is 1. The summed E-state index contributed by atoms with van der Waals surface area (Å²) in [5.74, 6) is 1.87. The molecule has 180 valence electrons. The topological polar surface area (TPSA) is 83.2 Å². The highest BCUT2D eigenvalue weighted by atomic mass is 16.5. The number of fused-ring (bicyclic) bond motifs is 1. The van der Waals surface area contributed by atoms with Crippen LogP contribution in [0.5, 0.6) is 5.75 Å². The molecule has 0 aliphatic carbocycles. The van der Waals surface area contributed by atoms with E-state index in [0.29, 0.717) is 19.1 Å². The molecule has 1 aromatic heterocycles. The van der Waals surface area contributed by atoms with Gasteiger partial charge in [0.05, 0.1) is 19.4 Å². The lowest BCUT2D eigenvalue weighted by molar-refractivity contribution is -0.130. The Morgan fingerprint density at radius 1 is 1.18 bits per heavy atom. The van der Waals surface area contributed by atoms with Crippen molar-refractivity contribution in [1.29, 1.82) is 0 Å². The van der Waals surface area contributed by atoms with Gasteiger partial charge in [-0.1, -0.05) is 12.1 Å². The number of carbonyl (C=O) groups excluding carboxylic acids is 1. The molecule has 8 nitrogen and oxygen atoms in total. The number of phenolic OH excluding ortho intramolecular Hbond substituents is 1. The number of aromatic nitrogens is 2. The number of hydrogen-bond donors (Lipinski definition) is 1. The first-order chi connectivity index (χ1) is 16.6. The van der Waals surface area contributed by atoms with E-state index in [1.165, 1.54) is 0 Å². The van der Waals surface area contributed by atoms with Crippen LogP contribution < -0.4 is 10.7 Å². The molecule has 3 aliphatic rings. The van der Waals surface area contributed by atoms with Crippen molar-refractivity contribution in [2.24, 2.45) is 10.9 Å². The quantitative estimate of drug-likeness (QED) is 0.745. The van der Waals surface area contributed by atoms with Crippen molar-refractivity contribution in [2.45, 2.75) is 39.2 Å².